The molecule has 396 valence electrons. The van der Waals surface area contributed by atoms with Gasteiger partial charge in [0.15, 0.2) is 6.10 Å². The lowest BCUT2D eigenvalue weighted by Crippen LogP contribution is -2.30. The number of hydrogen-bond donors (Lipinski definition) is 0. The predicted octanol–water partition coefficient (Wildman–Crippen LogP) is 19.3. The Kier molecular flexibility index (Phi) is 54.0. The molecule has 0 aliphatic rings. The SMILES string of the molecule is CC/C=C\C/C=C\C/C=C\C/C=C\C/C=C\C/C=C\CCCCCCC(=O)OCC(COC(=O)CC/C=C\C/C=C\C/C=C\C/C=C\CC)OC(=O)CCCCCCCCCCCCCCCCCC. The molecule has 0 amide bonds. The molecule has 0 N–H and O–H groups in total. The molecule has 0 aromatic carbocycles. The summed E-state index contributed by atoms with van der Waals surface area (Å²) in [6, 6.07) is 0. The summed E-state index contributed by atoms with van der Waals surface area (Å²) < 4.78 is 16.8. The summed E-state index contributed by atoms with van der Waals surface area (Å²) in [5.41, 5.74) is 0. The zero-order valence-corrected chi connectivity index (χ0v) is 45.2. The summed E-state index contributed by atoms with van der Waals surface area (Å²) in [7, 11) is 0. The van der Waals surface area contributed by atoms with Gasteiger partial charge >= 0.3 is 17.9 Å². The van der Waals surface area contributed by atoms with Gasteiger partial charge in [0.25, 0.3) is 0 Å². The normalized spacial score (nSPS) is 13.0. The highest BCUT2D eigenvalue weighted by atomic mass is 16.6. The van der Waals surface area contributed by atoms with Crippen LogP contribution in [0.15, 0.2) is 122 Å². The highest BCUT2D eigenvalue weighted by molar-refractivity contribution is 5.71. The lowest BCUT2D eigenvalue weighted by atomic mass is 10.0. The van der Waals surface area contributed by atoms with Crippen LogP contribution in [0.1, 0.15) is 245 Å². The molecule has 0 aliphatic carbocycles. The van der Waals surface area contributed by atoms with Crippen LogP contribution in [-0.2, 0) is 28.6 Å². The number of carbonyl (C=O) groups is 3. The quantitative estimate of drug-likeness (QED) is 0.0262. The van der Waals surface area contributed by atoms with Gasteiger partial charge in [0.1, 0.15) is 13.2 Å². The van der Waals surface area contributed by atoms with Gasteiger partial charge in [0.05, 0.1) is 0 Å². The highest BCUT2D eigenvalue weighted by Crippen LogP contribution is 2.15. The minimum Gasteiger partial charge on any atom is -0.462 e. The molecule has 6 heteroatoms. The summed E-state index contributed by atoms with van der Waals surface area (Å²) in [5.74, 6) is -1.02. The Morgan fingerprint density at radius 3 is 0.957 bits per heavy atom. The molecule has 0 aliphatic heterocycles. The molecule has 0 spiro atoms. The number of rotatable bonds is 50. The van der Waals surface area contributed by atoms with Crippen LogP contribution >= 0.6 is 0 Å². The Morgan fingerprint density at radius 2 is 0.586 bits per heavy atom. The second-order valence-corrected chi connectivity index (χ2v) is 18.4. The fourth-order valence-corrected chi connectivity index (χ4v) is 7.52. The topological polar surface area (TPSA) is 78.9 Å². The molecule has 0 bridgehead atoms. The smallest absolute Gasteiger partial charge is 0.306 e. The molecule has 70 heavy (non-hydrogen) atoms. The van der Waals surface area contributed by atoms with Gasteiger partial charge in [-0.1, -0.05) is 251 Å². The maximum Gasteiger partial charge on any atom is 0.306 e. The van der Waals surface area contributed by atoms with Gasteiger partial charge in [0.2, 0.25) is 0 Å². The van der Waals surface area contributed by atoms with Gasteiger partial charge in [-0.05, 0) is 96.3 Å². The minimum atomic E-state index is -0.819. The second-order valence-electron chi connectivity index (χ2n) is 18.4. The van der Waals surface area contributed by atoms with E-state index in [9.17, 15) is 14.4 Å². The van der Waals surface area contributed by atoms with E-state index in [0.29, 0.717) is 19.3 Å². The summed E-state index contributed by atoms with van der Waals surface area (Å²) in [6.45, 7) is 6.33. The second kappa shape index (κ2) is 57.4. The first-order valence-corrected chi connectivity index (χ1v) is 28.5. The van der Waals surface area contributed by atoms with Gasteiger partial charge in [-0.15, -0.1) is 0 Å². The van der Waals surface area contributed by atoms with Crippen molar-refractivity contribution in [2.24, 2.45) is 0 Å². The summed E-state index contributed by atoms with van der Waals surface area (Å²) >= 11 is 0. The Balaban J connectivity index is 4.47. The fraction of sp³-hybridized carbons (Fsp3) is 0.641. The first-order valence-electron chi connectivity index (χ1n) is 28.5. The van der Waals surface area contributed by atoms with Crippen molar-refractivity contribution in [1.29, 1.82) is 0 Å². The van der Waals surface area contributed by atoms with E-state index in [1.807, 2.05) is 12.2 Å². The Labute approximate surface area is 431 Å². The van der Waals surface area contributed by atoms with Crippen molar-refractivity contribution in [3.05, 3.63) is 122 Å². The van der Waals surface area contributed by atoms with Crippen LogP contribution < -0.4 is 0 Å². The van der Waals surface area contributed by atoms with Crippen molar-refractivity contribution in [2.75, 3.05) is 13.2 Å². The molecule has 0 aromatic heterocycles. The monoisotopic (exact) mass is 969 g/mol. The number of hydrogen-bond acceptors (Lipinski definition) is 6. The van der Waals surface area contributed by atoms with E-state index in [4.69, 9.17) is 14.2 Å². The zero-order chi connectivity index (χ0) is 50.7. The molecule has 0 saturated carbocycles. The largest absolute Gasteiger partial charge is 0.462 e. The molecule has 1 unspecified atom stereocenters. The summed E-state index contributed by atoms with van der Waals surface area (Å²) in [4.78, 5) is 38.1. The van der Waals surface area contributed by atoms with E-state index >= 15 is 0 Å². The number of unbranched alkanes of at least 4 members (excludes halogenated alkanes) is 19. The Hall–Kier alpha value is -4.19. The Bertz CT molecular complexity index is 1490. The summed E-state index contributed by atoms with van der Waals surface area (Å²) in [6.07, 6.45) is 79.2. The minimum absolute atomic E-state index is 0.115. The third-order valence-electron chi connectivity index (χ3n) is 11.7. The summed E-state index contributed by atoms with van der Waals surface area (Å²) in [5, 5.41) is 0. The molecular weight excluding hydrogens is 865 g/mol. The van der Waals surface area contributed by atoms with Crippen molar-refractivity contribution in [1.82, 2.24) is 0 Å². The van der Waals surface area contributed by atoms with Crippen molar-refractivity contribution in [2.45, 2.75) is 252 Å². The maximum atomic E-state index is 12.8. The lowest BCUT2D eigenvalue weighted by Gasteiger charge is -2.18. The third-order valence-corrected chi connectivity index (χ3v) is 11.7. The number of ether oxygens (including phenoxy) is 3. The van der Waals surface area contributed by atoms with Crippen molar-refractivity contribution in [3.63, 3.8) is 0 Å². The van der Waals surface area contributed by atoms with Crippen molar-refractivity contribution in [3.8, 4) is 0 Å². The van der Waals surface area contributed by atoms with E-state index in [-0.39, 0.29) is 37.5 Å². The first-order chi connectivity index (χ1) is 34.5. The molecule has 0 radical (unpaired) electrons. The first kappa shape index (κ1) is 65.8. The van der Waals surface area contributed by atoms with Gasteiger partial charge in [-0.3, -0.25) is 14.4 Å². The predicted molar refractivity (Wildman–Crippen MR) is 302 cm³/mol. The fourth-order valence-electron chi connectivity index (χ4n) is 7.52. The molecule has 0 rings (SSSR count). The maximum absolute atomic E-state index is 12.8. The van der Waals surface area contributed by atoms with Gasteiger partial charge in [0, 0.05) is 19.3 Å². The molecule has 0 fully saturated rings. The highest BCUT2D eigenvalue weighted by Gasteiger charge is 2.19. The van der Waals surface area contributed by atoms with E-state index in [0.717, 1.165) is 116 Å². The van der Waals surface area contributed by atoms with E-state index < -0.39 is 6.10 Å². The molecule has 1 atom stereocenters. The third kappa shape index (κ3) is 54.7. The van der Waals surface area contributed by atoms with E-state index in [1.54, 1.807) is 0 Å². The van der Waals surface area contributed by atoms with Crippen LogP contribution in [0, 0.1) is 0 Å². The molecule has 6 nitrogen and oxygen atoms in total. The van der Waals surface area contributed by atoms with E-state index in [1.165, 1.54) is 83.5 Å². The molecule has 0 saturated heterocycles. The van der Waals surface area contributed by atoms with Crippen LogP contribution in [0.25, 0.3) is 0 Å². The standard InChI is InChI=1S/C64H104O6/c1-4-7-10-13-16-19-22-25-27-29-30-31-32-33-34-35-37-39-42-45-48-51-54-57-63(66)69-60-61(59-68-62(65)56-53-50-47-44-41-38-24-21-18-15-12-9-6-3)70-64(67)58-55-52-49-46-43-40-36-28-26-23-20-17-14-11-8-5-2/h7,9-10,12,16,18-19,21,25,27,30-31,33-34,37-39,41,47,50,61H,4-6,8,11,13-15,17,20,22-24,26,28-29,32,35-36,40,42-46,48-49,51-60H2,1-3H3/b10-7-,12-9-,19-16-,21-18-,27-25-,31-30-,34-33-,39-37-,41-38-,50-47-. The van der Waals surface area contributed by atoms with Crippen LogP contribution in [-0.4, -0.2) is 37.2 Å². The molecular formula is C64H104O6. The van der Waals surface area contributed by atoms with Gasteiger partial charge in [-0.2, -0.15) is 0 Å². The molecule has 0 heterocycles. The number of allylic oxidation sites excluding steroid dienone is 20. The van der Waals surface area contributed by atoms with Crippen molar-refractivity contribution < 1.29 is 28.6 Å². The van der Waals surface area contributed by atoms with Gasteiger partial charge in [-0.25, -0.2) is 0 Å². The Morgan fingerprint density at radius 1 is 0.300 bits per heavy atom. The van der Waals surface area contributed by atoms with Gasteiger partial charge < -0.3 is 14.2 Å². The van der Waals surface area contributed by atoms with Crippen LogP contribution in [0.3, 0.4) is 0 Å². The average molecular weight is 970 g/mol. The lowest BCUT2D eigenvalue weighted by molar-refractivity contribution is -0.166. The number of carbonyl (C=O) groups excluding carboxylic acids is 3. The van der Waals surface area contributed by atoms with Crippen LogP contribution in [0.5, 0.6) is 0 Å². The van der Waals surface area contributed by atoms with E-state index in [2.05, 4.69) is 130 Å². The van der Waals surface area contributed by atoms with Crippen LogP contribution in [0.2, 0.25) is 0 Å². The molecule has 0 aromatic rings. The zero-order valence-electron chi connectivity index (χ0n) is 45.2. The average Bonchev–Trinajstić information content (AvgIpc) is 3.36. The van der Waals surface area contributed by atoms with Crippen molar-refractivity contribution >= 4 is 17.9 Å². The number of esters is 3. The van der Waals surface area contributed by atoms with Crippen LogP contribution in [0.4, 0.5) is 0 Å².